The summed E-state index contributed by atoms with van der Waals surface area (Å²) in [5.74, 6) is 1.63. The molecule has 2 aromatic carbocycles. The number of anilines is 1. The molecule has 27 heavy (non-hydrogen) atoms. The summed E-state index contributed by atoms with van der Waals surface area (Å²) in [6, 6.07) is 15.5. The first-order valence-corrected chi connectivity index (χ1v) is 8.81. The number of para-hydroxylation sites is 1. The summed E-state index contributed by atoms with van der Waals surface area (Å²) in [4.78, 5) is 8.86. The van der Waals surface area contributed by atoms with E-state index in [1.54, 1.807) is 6.33 Å². The van der Waals surface area contributed by atoms with Crippen LogP contribution in [0.4, 0.5) is 5.82 Å². The molecule has 136 valence electrons. The van der Waals surface area contributed by atoms with Crippen LogP contribution < -0.4 is 10.5 Å². The molecule has 2 N–H and O–H groups in total. The Bertz CT molecular complexity index is 1090. The molecule has 0 aliphatic carbocycles. The van der Waals surface area contributed by atoms with E-state index in [-0.39, 0.29) is 0 Å². The van der Waals surface area contributed by atoms with Gasteiger partial charge in [-0.25, -0.2) is 9.97 Å². The zero-order chi connectivity index (χ0) is 18.8. The number of hydrogen-bond acceptors (Lipinski definition) is 6. The van der Waals surface area contributed by atoms with Crippen molar-refractivity contribution in [2.24, 2.45) is 5.92 Å². The lowest BCUT2D eigenvalue weighted by molar-refractivity contribution is 0.272. The summed E-state index contributed by atoms with van der Waals surface area (Å²) in [7, 11) is 0. The molecule has 0 radical (unpaired) electrons. The van der Waals surface area contributed by atoms with Crippen LogP contribution in [0, 0.1) is 5.92 Å². The van der Waals surface area contributed by atoms with Gasteiger partial charge in [-0.05, 0) is 42.3 Å². The zero-order valence-corrected chi connectivity index (χ0v) is 15.2. The van der Waals surface area contributed by atoms with Crippen LogP contribution in [-0.2, 0) is 0 Å². The van der Waals surface area contributed by atoms with Crippen molar-refractivity contribution in [1.82, 2.24) is 15.1 Å². The molecule has 0 unspecified atom stereocenters. The Kier molecular flexibility index (Phi) is 4.46. The van der Waals surface area contributed by atoms with Gasteiger partial charge in [-0.15, -0.1) is 0 Å². The maximum atomic E-state index is 5.96. The Hall–Kier alpha value is -3.41. The Morgan fingerprint density at radius 1 is 1.04 bits per heavy atom. The predicted molar refractivity (Wildman–Crippen MR) is 105 cm³/mol. The van der Waals surface area contributed by atoms with E-state index in [1.807, 2.05) is 48.5 Å². The molecule has 2 heterocycles. The second-order valence-electron chi connectivity index (χ2n) is 6.77. The first-order valence-electron chi connectivity index (χ1n) is 8.81. The molecule has 0 bridgehead atoms. The van der Waals surface area contributed by atoms with Crippen LogP contribution in [0.15, 0.2) is 59.4 Å². The molecule has 0 spiro atoms. The fraction of sp³-hybridized carbons (Fsp3) is 0.190. The number of fused-ring (bicyclic) bond motifs is 1. The summed E-state index contributed by atoms with van der Waals surface area (Å²) < 4.78 is 11.1. The smallest absolute Gasteiger partial charge is 0.174 e. The molecular formula is C21H20N4O2. The SMILES string of the molecule is CC(C)COc1ccccc1-c1cc(-c2ccc3onc(N)c3c2)ncn1. The Balaban J connectivity index is 1.73. The Labute approximate surface area is 157 Å². The van der Waals surface area contributed by atoms with Crippen molar-refractivity contribution in [2.75, 3.05) is 12.3 Å². The van der Waals surface area contributed by atoms with Crippen molar-refractivity contribution < 1.29 is 9.26 Å². The molecule has 0 atom stereocenters. The third kappa shape index (κ3) is 3.46. The summed E-state index contributed by atoms with van der Waals surface area (Å²) in [6.45, 7) is 4.90. The van der Waals surface area contributed by atoms with Gasteiger partial charge in [0.15, 0.2) is 11.4 Å². The average Bonchev–Trinajstić information content (AvgIpc) is 3.07. The van der Waals surface area contributed by atoms with Gasteiger partial charge in [-0.1, -0.05) is 31.1 Å². The van der Waals surface area contributed by atoms with E-state index in [0.29, 0.717) is 23.9 Å². The highest BCUT2D eigenvalue weighted by molar-refractivity contribution is 5.90. The lowest BCUT2D eigenvalue weighted by Crippen LogP contribution is -2.05. The minimum atomic E-state index is 0.369. The topological polar surface area (TPSA) is 87.1 Å². The summed E-state index contributed by atoms with van der Waals surface area (Å²) >= 11 is 0. The number of benzene rings is 2. The number of hydrogen-bond donors (Lipinski definition) is 1. The lowest BCUT2D eigenvalue weighted by atomic mass is 10.1. The third-order valence-corrected chi connectivity index (χ3v) is 4.20. The number of nitrogens with zero attached hydrogens (tertiary/aromatic N) is 3. The maximum Gasteiger partial charge on any atom is 0.174 e. The first kappa shape index (κ1) is 17.0. The number of nitrogen functional groups attached to an aromatic ring is 1. The number of nitrogens with two attached hydrogens (primary N) is 1. The van der Waals surface area contributed by atoms with Crippen LogP contribution in [0.25, 0.3) is 33.5 Å². The van der Waals surface area contributed by atoms with Crippen LogP contribution in [0.5, 0.6) is 5.75 Å². The van der Waals surface area contributed by atoms with Crippen LogP contribution >= 0.6 is 0 Å². The van der Waals surface area contributed by atoms with Crippen molar-refractivity contribution >= 4 is 16.8 Å². The van der Waals surface area contributed by atoms with Gasteiger partial charge in [0.1, 0.15) is 12.1 Å². The van der Waals surface area contributed by atoms with E-state index >= 15 is 0 Å². The summed E-state index contributed by atoms with van der Waals surface area (Å²) in [6.07, 6.45) is 1.56. The summed E-state index contributed by atoms with van der Waals surface area (Å²) in [5.41, 5.74) is 9.97. The van der Waals surface area contributed by atoms with Gasteiger partial charge in [-0.2, -0.15) is 0 Å². The molecule has 0 saturated heterocycles. The fourth-order valence-electron chi connectivity index (χ4n) is 2.84. The van der Waals surface area contributed by atoms with E-state index in [0.717, 1.165) is 33.7 Å². The van der Waals surface area contributed by atoms with Crippen LogP contribution in [0.3, 0.4) is 0 Å². The van der Waals surface area contributed by atoms with Crippen LogP contribution in [-0.4, -0.2) is 21.7 Å². The molecule has 0 fully saturated rings. The van der Waals surface area contributed by atoms with Gasteiger partial charge >= 0.3 is 0 Å². The van der Waals surface area contributed by atoms with Gasteiger partial charge in [0, 0.05) is 11.1 Å². The number of rotatable bonds is 5. The van der Waals surface area contributed by atoms with E-state index in [4.69, 9.17) is 15.0 Å². The molecule has 0 amide bonds. The number of ether oxygens (including phenoxy) is 1. The van der Waals surface area contributed by atoms with E-state index in [1.165, 1.54) is 0 Å². The van der Waals surface area contributed by atoms with Gasteiger partial charge in [0.05, 0.1) is 23.4 Å². The highest BCUT2D eigenvalue weighted by Crippen LogP contribution is 2.32. The molecule has 0 saturated carbocycles. The maximum absolute atomic E-state index is 5.96. The zero-order valence-electron chi connectivity index (χ0n) is 15.2. The highest BCUT2D eigenvalue weighted by atomic mass is 16.5. The van der Waals surface area contributed by atoms with Crippen molar-refractivity contribution in [3.05, 3.63) is 54.9 Å². The molecule has 6 heteroatoms. The molecule has 0 aliphatic heterocycles. The second kappa shape index (κ2) is 7.07. The van der Waals surface area contributed by atoms with Crippen LogP contribution in [0.2, 0.25) is 0 Å². The lowest BCUT2D eigenvalue weighted by Gasteiger charge is -2.13. The largest absolute Gasteiger partial charge is 0.493 e. The summed E-state index contributed by atoms with van der Waals surface area (Å²) in [5, 5.41) is 4.57. The van der Waals surface area contributed by atoms with Crippen LogP contribution in [0.1, 0.15) is 13.8 Å². The normalized spacial score (nSPS) is 11.2. The minimum absolute atomic E-state index is 0.369. The third-order valence-electron chi connectivity index (χ3n) is 4.20. The predicted octanol–water partition coefficient (Wildman–Crippen LogP) is 4.57. The van der Waals surface area contributed by atoms with Gasteiger partial charge < -0.3 is 15.0 Å². The Morgan fingerprint density at radius 2 is 1.85 bits per heavy atom. The second-order valence-corrected chi connectivity index (χ2v) is 6.77. The number of aromatic nitrogens is 3. The monoisotopic (exact) mass is 360 g/mol. The molecule has 0 aliphatic rings. The van der Waals surface area contributed by atoms with Crippen molar-refractivity contribution in [3.63, 3.8) is 0 Å². The van der Waals surface area contributed by atoms with Crippen molar-refractivity contribution in [1.29, 1.82) is 0 Å². The van der Waals surface area contributed by atoms with E-state index in [2.05, 4.69) is 29.0 Å². The fourth-order valence-corrected chi connectivity index (χ4v) is 2.84. The molecule has 6 nitrogen and oxygen atoms in total. The quantitative estimate of drug-likeness (QED) is 0.561. The van der Waals surface area contributed by atoms with Gasteiger partial charge in [0.25, 0.3) is 0 Å². The standard InChI is InChI=1S/C21H20N4O2/c1-13(2)11-26-19-6-4-3-5-15(19)18-10-17(23-12-24-18)14-7-8-20-16(9-14)21(22)25-27-20/h3-10,12-13H,11H2,1-2H3,(H2,22,25). The van der Waals surface area contributed by atoms with Crippen molar-refractivity contribution in [2.45, 2.75) is 13.8 Å². The Morgan fingerprint density at radius 3 is 2.70 bits per heavy atom. The van der Waals surface area contributed by atoms with E-state index < -0.39 is 0 Å². The average molecular weight is 360 g/mol. The van der Waals surface area contributed by atoms with E-state index in [9.17, 15) is 0 Å². The first-order chi connectivity index (χ1) is 13.1. The van der Waals surface area contributed by atoms with Crippen molar-refractivity contribution in [3.8, 4) is 28.3 Å². The molecule has 4 rings (SSSR count). The molecular weight excluding hydrogens is 340 g/mol. The van der Waals surface area contributed by atoms with Gasteiger partial charge in [0.2, 0.25) is 0 Å². The minimum Gasteiger partial charge on any atom is -0.493 e. The molecule has 2 aromatic heterocycles. The molecule has 4 aromatic rings. The van der Waals surface area contributed by atoms with Gasteiger partial charge in [-0.3, -0.25) is 0 Å². The highest BCUT2D eigenvalue weighted by Gasteiger charge is 2.12.